The molecule has 0 heterocycles. The van der Waals surface area contributed by atoms with E-state index >= 15 is 0 Å². The molecule has 158 valence electrons. The molecule has 0 fully saturated rings. The first kappa shape index (κ1) is 25.8. The number of hydrogen-bond acceptors (Lipinski definition) is 4. The zero-order valence-electron chi connectivity index (χ0n) is 17.1. The van der Waals surface area contributed by atoms with E-state index in [9.17, 15) is 8.42 Å². The number of unbranched alkanes of at least 4 members (excludes halogenated alkanes) is 13. The Hall–Kier alpha value is -0.170. The molecule has 1 unspecified atom stereocenters. The van der Waals surface area contributed by atoms with Gasteiger partial charge in [-0.25, -0.2) is 4.18 Å². The van der Waals surface area contributed by atoms with Gasteiger partial charge in [0.2, 0.25) is 0 Å². The molecule has 0 aromatic carbocycles. The average Bonchev–Trinajstić information content (AvgIpc) is 2.57. The molecule has 1 atom stereocenters. The van der Waals surface area contributed by atoms with Crippen LogP contribution in [-0.2, 0) is 19.3 Å². The van der Waals surface area contributed by atoms with Crippen molar-refractivity contribution >= 4 is 10.4 Å². The fourth-order valence-electron chi connectivity index (χ4n) is 3.04. The van der Waals surface area contributed by atoms with Gasteiger partial charge in [-0.15, -0.1) is 0 Å². The third-order valence-electron chi connectivity index (χ3n) is 4.55. The minimum absolute atomic E-state index is 0.457. The summed E-state index contributed by atoms with van der Waals surface area (Å²) in [5.41, 5.74) is 0. The van der Waals surface area contributed by atoms with Crippen LogP contribution in [0.1, 0.15) is 117 Å². The van der Waals surface area contributed by atoms with Crippen LogP contribution in [0.5, 0.6) is 0 Å². The van der Waals surface area contributed by atoms with E-state index in [1.807, 2.05) is 6.92 Å². The summed E-state index contributed by atoms with van der Waals surface area (Å²) < 4.78 is 40.1. The largest absolute Gasteiger partial charge is 0.399 e. The second kappa shape index (κ2) is 18.2. The number of rotatable bonds is 20. The Morgan fingerprint density at radius 3 is 1.50 bits per heavy atom. The SMILES string of the molecule is CCCCCCCCCCCCCCCCOC(CCC)OS(=O)(=O)O. The second-order valence-corrected chi connectivity index (χ2v) is 8.26. The zero-order valence-corrected chi connectivity index (χ0v) is 17.9. The fourth-order valence-corrected chi connectivity index (χ4v) is 3.46. The van der Waals surface area contributed by atoms with Crippen LogP contribution in [0.15, 0.2) is 0 Å². The minimum atomic E-state index is -4.44. The van der Waals surface area contributed by atoms with Gasteiger partial charge >= 0.3 is 10.4 Å². The van der Waals surface area contributed by atoms with E-state index in [0.29, 0.717) is 13.0 Å². The maximum atomic E-state index is 10.7. The molecule has 26 heavy (non-hydrogen) atoms. The van der Waals surface area contributed by atoms with Gasteiger partial charge in [0.05, 0.1) is 0 Å². The molecule has 0 saturated heterocycles. The number of hydrogen-bond donors (Lipinski definition) is 1. The first-order valence-corrected chi connectivity index (χ1v) is 12.1. The van der Waals surface area contributed by atoms with Gasteiger partial charge in [0.1, 0.15) is 0 Å². The van der Waals surface area contributed by atoms with Gasteiger partial charge in [-0.2, -0.15) is 8.42 Å². The highest BCUT2D eigenvalue weighted by Gasteiger charge is 2.16. The van der Waals surface area contributed by atoms with Crippen LogP contribution < -0.4 is 0 Å². The summed E-state index contributed by atoms with van der Waals surface area (Å²) in [4.78, 5) is 0. The summed E-state index contributed by atoms with van der Waals surface area (Å²) in [7, 11) is -4.44. The third kappa shape index (κ3) is 20.1. The summed E-state index contributed by atoms with van der Waals surface area (Å²) in [5, 5.41) is 0. The Morgan fingerprint density at radius 1 is 0.692 bits per heavy atom. The minimum Gasteiger partial charge on any atom is -0.351 e. The monoisotopic (exact) mass is 394 g/mol. The fraction of sp³-hybridized carbons (Fsp3) is 1.00. The molecule has 0 aliphatic rings. The zero-order chi connectivity index (χ0) is 19.5. The van der Waals surface area contributed by atoms with Crippen molar-refractivity contribution < 1.29 is 21.9 Å². The van der Waals surface area contributed by atoms with Crippen LogP contribution in [0.2, 0.25) is 0 Å². The maximum absolute atomic E-state index is 10.7. The molecule has 0 saturated carbocycles. The molecule has 0 aliphatic heterocycles. The van der Waals surface area contributed by atoms with Crippen molar-refractivity contribution in [1.29, 1.82) is 0 Å². The van der Waals surface area contributed by atoms with E-state index in [0.717, 1.165) is 19.3 Å². The summed E-state index contributed by atoms with van der Waals surface area (Å²) in [6, 6.07) is 0. The molecule has 0 bridgehead atoms. The number of ether oxygens (including phenoxy) is 1. The van der Waals surface area contributed by atoms with Gasteiger partial charge in [-0.05, 0) is 12.8 Å². The predicted molar refractivity (Wildman–Crippen MR) is 108 cm³/mol. The molecule has 0 radical (unpaired) electrons. The Morgan fingerprint density at radius 2 is 1.12 bits per heavy atom. The van der Waals surface area contributed by atoms with Gasteiger partial charge in [0.15, 0.2) is 6.29 Å². The quantitative estimate of drug-likeness (QED) is 0.146. The molecular formula is C20H42O5S. The van der Waals surface area contributed by atoms with E-state index in [1.165, 1.54) is 77.0 Å². The lowest BCUT2D eigenvalue weighted by atomic mass is 10.0. The maximum Gasteiger partial charge on any atom is 0.399 e. The predicted octanol–water partition coefficient (Wildman–Crippen LogP) is 6.43. The lowest BCUT2D eigenvalue weighted by Gasteiger charge is -2.15. The third-order valence-corrected chi connectivity index (χ3v) is 5.01. The summed E-state index contributed by atoms with van der Waals surface area (Å²) in [5.74, 6) is 0. The Bertz CT molecular complexity index is 384. The highest BCUT2D eigenvalue weighted by Crippen LogP contribution is 2.13. The lowest BCUT2D eigenvalue weighted by molar-refractivity contribution is -0.0867. The Balaban J connectivity index is 3.34. The van der Waals surface area contributed by atoms with Gasteiger partial charge in [0, 0.05) is 6.61 Å². The molecule has 0 spiro atoms. The topological polar surface area (TPSA) is 72.8 Å². The van der Waals surface area contributed by atoms with Gasteiger partial charge in [-0.1, -0.05) is 104 Å². The van der Waals surface area contributed by atoms with Crippen molar-refractivity contribution in [1.82, 2.24) is 0 Å². The average molecular weight is 395 g/mol. The van der Waals surface area contributed by atoms with Crippen LogP contribution in [0.25, 0.3) is 0 Å². The Kier molecular flexibility index (Phi) is 18.1. The van der Waals surface area contributed by atoms with E-state index in [1.54, 1.807) is 0 Å². The molecule has 5 nitrogen and oxygen atoms in total. The first-order valence-electron chi connectivity index (χ1n) is 10.8. The van der Waals surface area contributed by atoms with Crippen molar-refractivity contribution in [3.05, 3.63) is 0 Å². The van der Waals surface area contributed by atoms with E-state index in [4.69, 9.17) is 9.29 Å². The van der Waals surface area contributed by atoms with Crippen LogP contribution in [0, 0.1) is 0 Å². The molecule has 0 aliphatic carbocycles. The molecule has 0 aromatic heterocycles. The Labute approximate surface area is 162 Å². The van der Waals surface area contributed by atoms with Crippen molar-refractivity contribution in [2.45, 2.75) is 123 Å². The van der Waals surface area contributed by atoms with E-state index in [-0.39, 0.29) is 0 Å². The van der Waals surface area contributed by atoms with E-state index in [2.05, 4.69) is 11.1 Å². The van der Waals surface area contributed by atoms with Crippen molar-refractivity contribution in [2.75, 3.05) is 6.61 Å². The smallest absolute Gasteiger partial charge is 0.351 e. The molecule has 0 aromatic rings. The molecular weight excluding hydrogens is 352 g/mol. The second-order valence-electron chi connectivity index (χ2n) is 7.21. The van der Waals surface area contributed by atoms with E-state index < -0.39 is 16.7 Å². The highest BCUT2D eigenvalue weighted by atomic mass is 32.3. The molecule has 0 rings (SSSR count). The molecule has 6 heteroatoms. The summed E-state index contributed by atoms with van der Waals surface area (Å²) in [6.07, 6.45) is 18.5. The van der Waals surface area contributed by atoms with Crippen LogP contribution in [0.3, 0.4) is 0 Å². The molecule has 0 amide bonds. The summed E-state index contributed by atoms with van der Waals surface area (Å²) in [6.45, 7) is 4.64. The van der Waals surface area contributed by atoms with Gasteiger partial charge in [-0.3, -0.25) is 4.55 Å². The standard InChI is InChI=1S/C20H42O5S/c1-3-5-6-7-8-9-10-11-12-13-14-15-16-17-19-24-20(18-4-2)25-26(21,22)23/h20H,3-19H2,1-2H3,(H,21,22,23). The van der Waals surface area contributed by atoms with Crippen molar-refractivity contribution in [3.63, 3.8) is 0 Å². The van der Waals surface area contributed by atoms with Gasteiger partial charge < -0.3 is 4.74 Å². The summed E-state index contributed by atoms with van der Waals surface area (Å²) >= 11 is 0. The lowest BCUT2D eigenvalue weighted by Crippen LogP contribution is -2.21. The normalized spacial score (nSPS) is 13.2. The highest BCUT2D eigenvalue weighted by molar-refractivity contribution is 7.80. The van der Waals surface area contributed by atoms with Crippen LogP contribution in [-0.4, -0.2) is 25.9 Å². The van der Waals surface area contributed by atoms with Gasteiger partial charge in [0.25, 0.3) is 0 Å². The first-order chi connectivity index (χ1) is 12.5. The van der Waals surface area contributed by atoms with Crippen molar-refractivity contribution in [2.24, 2.45) is 0 Å². The van der Waals surface area contributed by atoms with Crippen LogP contribution >= 0.6 is 0 Å². The molecule has 1 N–H and O–H groups in total. The van der Waals surface area contributed by atoms with Crippen molar-refractivity contribution in [3.8, 4) is 0 Å². The van der Waals surface area contributed by atoms with Crippen LogP contribution in [0.4, 0.5) is 0 Å².